The predicted octanol–water partition coefficient (Wildman–Crippen LogP) is 3.55. The second-order valence-electron chi connectivity index (χ2n) is 7.79. The Morgan fingerprint density at radius 3 is 2.97 bits per heavy atom. The van der Waals surface area contributed by atoms with Crippen molar-refractivity contribution in [1.82, 2.24) is 20.3 Å². The molecule has 30 heavy (non-hydrogen) atoms. The van der Waals surface area contributed by atoms with Gasteiger partial charge in [-0.2, -0.15) is 0 Å². The Labute approximate surface area is 174 Å². The Balaban J connectivity index is 1.47. The van der Waals surface area contributed by atoms with Crippen molar-refractivity contribution in [3.8, 4) is 0 Å². The summed E-state index contributed by atoms with van der Waals surface area (Å²) in [5.41, 5.74) is 6.66. The Bertz CT molecular complexity index is 1060. The molecule has 2 aromatic heterocycles. The smallest absolute Gasteiger partial charge is 0.267 e. The third-order valence-corrected chi connectivity index (χ3v) is 5.69. The van der Waals surface area contributed by atoms with E-state index in [-0.39, 0.29) is 6.04 Å². The summed E-state index contributed by atoms with van der Waals surface area (Å²) >= 11 is 0. The minimum Gasteiger partial charge on any atom is -0.358 e. The number of halogens is 1. The number of aryl methyl sites for hydroxylation is 1. The Hall–Kier alpha value is -3.03. The molecule has 1 aliphatic rings. The van der Waals surface area contributed by atoms with Gasteiger partial charge in [-0.05, 0) is 49.1 Å². The second-order valence-corrected chi connectivity index (χ2v) is 7.79. The third-order valence-electron chi connectivity index (χ3n) is 5.69. The van der Waals surface area contributed by atoms with Crippen LogP contribution < -0.4 is 5.48 Å². The number of carbonyl (C=O) groups is 1. The number of alkyl halides is 1. The fraction of sp³-hybridized carbons (Fsp3) is 0.304. The van der Waals surface area contributed by atoms with Crippen LogP contribution in [0.1, 0.15) is 28.9 Å². The molecule has 1 unspecified atom stereocenters. The number of nitrogens with one attached hydrogen (secondary N) is 2. The fourth-order valence-corrected chi connectivity index (χ4v) is 4.21. The Kier molecular flexibility index (Phi) is 5.92. The summed E-state index contributed by atoms with van der Waals surface area (Å²) < 4.78 is 14.3. The predicted molar refractivity (Wildman–Crippen MR) is 114 cm³/mol. The highest BCUT2D eigenvalue weighted by atomic mass is 19.1. The number of pyridine rings is 1. The number of benzene rings is 1. The van der Waals surface area contributed by atoms with Gasteiger partial charge in [-0.1, -0.05) is 24.3 Å². The SMILES string of the molecule is Cc1[nH]c2ccccc2c1C[C@H]1CC(F)CN1Cc1ccc(/C=C/C(=O)NO)cn1. The van der Waals surface area contributed by atoms with Crippen molar-refractivity contribution in [2.24, 2.45) is 0 Å². The summed E-state index contributed by atoms with van der Waals surface area (Å²) in [6, 6.07) is 12.1. The van der Waals surface area contributed by atoms with Gasteiger partial charge in [-0.15, -0.1) is 0 Å². The first-order valence-corrected chi connectivity index (χ1v) is 10.0. The van der Waals surface area contributed by atoms with Crippen molar-refractivity contribution < 1.29 is 14.4 Å². The zero-order chi connectivity index (χ0) is 21.1. The molecule has 6 nitrogen and oxygen atoms in total. The molecule has 1 aromatic carbocycles. The number of para-hydroxylation sites is 1. The van der Waals surface area contributed by atoms with Crippen molar-refractivity contribution in [3.05, 3.63) is 71.2 Å². The van der Waals surface area contributed by atoms with Crippen LogP contribution in [0.3, 0.4) is 0 Å². The number of fused-ring (bicyclic) bond motifs is 1. The number of nitrogens with zero attached hydrogens (tertiary/aromatic N) is 2. The first-order valence-electron chi connectivity index (χ1n) is 10.0. The Morgan fingerprint density at radius 2 is 2.20 bits per heavy atom. The summed E-state index contributed by atoms with van der Waals surface area (Å²) in [6.07, 6.45) is 4.95. The van der Waals surface area contributed by atoms with E-state index in [1.54, 1.807) is 17.8 Å². The largest absolute Gasteiger partial charge is 0.358 e. The average Bonchev–Trinajstić information content (AvgIpc) is 3.26. The average molecular weight is 408 g/mol. The molecule has 4 rings (SSSR count). The van der Waals surface area contributed by atoms with Crippen LogP contribution in [-0.2, 0) is 17.8 Å². The van der Waals surface area contributed by atoms with Gasteiger partial charge in [0.05, 0.1) is 5.69 Å². The number of likely N-dealkylation sites (tertiary alicyclic amines) is 1. The molecule has 1 saturated heterocycles. The van der Waals surface area contributed by atoms with Crippen molar-refractivity contribution >= 4 is 22.9 Å². The number of aromatic nitrogens is 2. The third kappa shape index (κ3) is 4.42. The summed E-state index contributed by atoms with van der Waals surface area (Å²) in [5, 5.41) is 9.73. The Morgan fingerprint density at radius 1 is 1.37 bits per heavy atom. The molecule has 3 heterocycles. The number of H-pyrrole nitrogens is 1. The van der Waals surface area contributed by atoms with Crippen LogP contribution in [-0.4, -0.2) is 44.7 Å². The van der Waals surface area contributed by atoms with Crippen molar-refractivity contribution in [2.75, 3.05) is 6.54 Å². The van der Waals surface area contributed by atoms with Crippen molar-refractivity contribution in [3.63, 3.8) is 0 Å². The van der Waals surface area contributed by atoms with Crippen LogP contribution in [0.5, 0.6) is 0 Å². The van der Waals surface area contributed by atoms with E-state index in [0.717, 1.165) is 28.9 Å². The molecule has 1 fully saturated rings. The monoisotopic (exact) mass is 408 g/mol. The van der Waals surface area contributed by atoms with Gasteiger partial charge in [0, 0.05) is 48.0 Å². The summed E-state index contributed by atoms with van der Waals surface area (Å²) in [4.78, 5) is 21.1. The number of aromatic amines is 1. The second kappa shape index (κ2) is 8.77. The van der Waals surface area contributed by atoms with E-state index >= 15 is 0 Å². The molecule has 1 aliphatic heterocycles. The molecule has 0 bridgehead atoms. The molecule has 2 atom stereocenters. The zero-order valence-corrected chi connectivity index (χ0v) is 16.8. The highest BCUT2D eigenvalue weighted by Crippen LogP contribution is 2.30. The molecule has 1 amide bonds. The lowest BCUT2D eigenvalue weighted by molar-refractivity contribution is -0.124. The first-order chi connectivity index (χ1) is 14.5. The molecule has 3 N–H and O–H groups in total. The van der Waals surface area contributed by atoms with Gasteiger partial charge in [0.15, 0.2) is 0 Å². The van der Waals surface area contributed by atoms with Gasteiger partial charge in [0.1, 0.15) is 6.17 Å². The van der Waals surface area contributed by atoms with E-state index in [1.807, 2.05) is 24.3 Å². The summed E-state index contributed by atoms with van der Waals surface area (Å²) in [6.45, 7) is 3.06. The minimum absolute atomic E-state index is 0.118. The lowest BCUT2D eigenvalue weighted by Gasteiger charge is -2.24. The van der Waals surface area contributed by atoms with Gasteiger partial charge >= 0.3 is 0 Å². The van der Waals surface area contributed by atoms with Crippen LogP contribution in [0.15, 0.2) is 48.7 Å². The van der Waals surface area contributed by atoms with E-state index in [2.05, 4.69) is 33.9 Å². The molecule has 0 aliphatic carbocycles. The quantitative estimate of drug-likeness (QED) is 0.331. The zero-order valence-electron chi connectivity index (χ0n) is 16.8. The minimum atomic E-state index is -0.834. The maximum Gasteiger partial charge on any atom is 0.267 e. The van der Waals surface area contributed by atoms with Crippen molar-refractivity contribution in [1.29, 1.82) is 0 Å². The van der Waals surface area contributed by atoms with Crippen LogP contribution in [0.4, 0.5) is 4.39 Å². The molecule has 0 saturated carbocycles. The van der Waals surface area contributed by atoms with E-state index < -0.39 is 12.1 Å². The fourth-order valence-electron chi connectivity index (χ4n) is 4.21. The van der Waals surface area contributed by atoms with Gasteiger partial charge in [0.2, 0.25) is 0 Å². The number of hydrogen-bond acceptors (Lipinski definition) is 4. The molecule has 0 radical (unpaired) electrons. The number of rotatable bonds is 6. The van der Waals surface area contributed by atoms with Crippen LogP contribution in [0, 0.1) is 6.92 Å². The summed E-state index contributed by atoms with van der Waals surface area (Å²) in [7, 11) is 0. The highest BCUT2D eigenvalue weighted by Gasteiger charge is 2.33. The van der Waals surface area contributed by atoms with Crippen molar-refractivity contribution in [2.45, 2.75) is 38.5 Å². The first kappa shape index (κ1) is 20.3. The van der Waals surface area contributed by atoms with E-state index in [1.165, 1.54) is 17.0 Å². The number of carbonyl (C=O) groups excluding carboxylic acids is 1. The van der Waals surface area contributed by atoms with E-state index in [4.69, 9.17) is 5.21 Å². The maximum absolute atomic E-state index is 14.3. The molecule has 3 aromatic rings. The number of hydroxylamine groups is 1. The molecular weight excluding hydrogens is 383 g/mol. The van der Waals surface area contributed by atoms with Gasteiger partial charge in [-0.3, -0.25) is 19.9 Å². The van der Waals surface area contributed by atoms with Crippen LogP contribution in [0.25, 0.3) is 17.0 Å². The van der Waals surface area contributed by atoms with Gasteiger partial charge in [0.25, 0.3) is 5.91 Å². The van der Waals surface area contributed by atoms with Crippen LogP contribution >= 0.6 is 0 Å². The lowest BCUT2D eigenvalue weighted by atomic mass is 10.0. The maximum atomic E-state index is 14.3. The molecule has 156 valence electrons. The van der Waals surface area contributed by atoms with Gasteiger partial charge in [-0.25, -0.2) is 9.87 Å². The van der Waals surface area contributed by atoms with E-state index in [9.17, 15) is 9.18 Å². The lowest BCUT2D eigenvalue weighted by Crippen LogP contribution is -2.31. The highest BCUT2D eigenvalue weighted by molar-refractivity contribution is 5.90. The topological polar surface area (TPSA) is 81.2 Å². The number of amides is 1. The molecule has 0 spiro atoms. The molecular formula is C23H25FN4O2. The van der Waals surface area contributed by atoms with Crippen LogP contribution in [0.2, 0.25) is 0 Å². The number of hydrogen-bond donors (Lipinski definition) is 3. The normalized spacial score (nSPS) is 19.7. The standard InChI is InChI=1S/C23H25FN4O2/c1-15-21(20-4-2-3-5-22(20)26-15)11-19-10-17(24)13-28(19)14-18-8-6-16(12-25-18)7-9-23(29)27-30/h2-9,12,17,19,26,30H,10-11,13-14H2,1H3,(H,27,29)/b9-7+/t17?,19-/m1/s1. The summed E-state index contributed by atoms with van der Waals surface area (Å²) in [5.74, 6) is -0.597. The molecule has 7 heteroatoms. The van der Waals surface area contributed by atoms with Gasteiger partial charge < -0.3 is 4.98 Å². The van der Waals surface area contributed by atoms with E-state index in [0.29, 0.717) is 19.5 Å².